The lowest BCUT2D eigenvalue weighted by Crippen LogP contribution is -2.20. The summed E-state index contributed by atoms with van der Waals surface area (Å²) in [6.07, 6.45) is 0. The molecule has 21 heavy (non-hydrogen) atoms. The third-order valence-corrected chi connectivity index (χ3v) is 3.40. The van der Waals surface area contributed by atoms with E-state index < -0.39 is 0 Å². The van der Waals surface area contributed by atoms with E-state index >= 15 is 0 Å². The molecule has 2 aromatic rings. The van der Waals surface area contributed by atoms with E-state index in [4.69, 9.17) is 22.1 Å². The number of nitrogens with two attached hydrogens (primary N) is 1. The average Bonchev–Trinajstić information content (AvgIpc) is 2.43. The molecule has 110 valence electrons. The molecule has 0 atom stereocenters. The van der Waals surface area contributed by atoms with Gasteiger partial charge in [-0.3, -0.25) is 4.79 Å². The molecule has 0 aliphatic rings. The molecule has 0 saturated heterocycles. The molecule has 0 heterocycles. The molecular weight excluding hydrogens is 288 g/mol. The second kappa shape index (κ2) is 6.50. The van der Waals surface area contributed by atoms with Crippen molar-refractivity contribution in [3.8, 4) is 5.75 Å². The van der Waals surface area contributed by atoms with E-state index in [0.29, 0.717) is 22.1 Å². The molecule has 0 aliphatic heterocycles. The van der Waals surface area contributed by atoms with Crippen molar-refractivity contribution in [2.75, 3.05) is 17.7 Å². The van der Waals surface area contributed by atoms with Crippen molar-refractivity contribution in [3.63, 3.8) is 0 Å². The van der Waals surface area contributed by atoms with Gasteiger partial charge in [-0.1, -0.05) is 17.7 Å². The maximum atomic E-state index is 11.9. The van der Waals surface area contributed by atoms with Gasteiger partial charge in [0.1, 0.15) is 5.75 Å². The Kier molecular flexibility index (Phi) is 4.70. The summed E-state index contributed by atoms with van der Waals surface area (Å²) in [5, 5.41) is 3.38. The minimum absolute atomic E-state index is 0.0889. The topological polar surface area (TPSA) is 64.3 Å². The van der Waals surface area contributed by atoms with Crippen molar-refractivity contribution >= 4 is 28.9 Å². The Hall–Kier alpha value is -2.20. The van der Waals surface area contributed by atoms with Crippen LogP contribution < -0.4 is 15.8 Å². The molecule has 1 amide bonds. The van der Waals surface area contributed by atoms with Crippen molar-refractivity contribution in [2.45, 2.75) is 13.8 Å². The number of carbonyl (C=O) groups excluding carboxylic acids is 1. The van der Waals surface area contributed by atoms with Crippen LogP contribution in [-0.2, 0) is 4.79 Å². The van der Waals surface area contributed by atoms with Crippen LogP contribution in [0.4, 0.5) is 11.4 Å². The summed E-state index contributed by atoms with van der Waals surface area (Å²) in [7, 11) is 0. The summed E-state index contributed by atoms with van der Waals surface area (Å²) in [6.45, 7) is 3.73. The van der Waals surface area contributed by atoms with Crippen LogP contribution in [0, 0.1) is 13.8 Å². The van der Waals surface area contributed by atoms with Gasteiger partial charge in [0.2, 0.25) is 0 Å². The van der Waals surface area contributed by atoms with E-state index in [-0.39, 0.29) is 12.5 Å². The summed E-state index contributed by atoms with van der Waals surface area (Å²) >= 11 is 5.93. The van der Waals surface area contributed by atoms with Crippen molar-refractivity contribution in [2.24, 2.45) is 0 Å². The molecule has 4 nitrogen and oxygen atoms in total. The fraction of sp³-hybridized carbons (Fsp3) is 0.188. The third kappa shape index (κ3) is 4.13. The van der Waals surface area contributed by atoms with E-state index in [1.807, 2.05) is 19.9 Å². The van der Waals surface area contributed by atoms with Crippen molar-refractivity contribution in [3.05, 3.63) is 52.5 Å². The number of ether oxygens (including phenoxy) is 1. The summed E-state index contributed by atoms with van der Waals surface area (Å²) in [5.74, 6) is 0.335. The van der Waals surface area contributed by atoms with Gasteiger partial charge in [-0.05, 0) is 55.3 Å². The molecule has 5 heteroatoms. The molecule has 0 aliphatic carbocycles. The Labute approximate surface area is 128 Å². The van der Waals surface area contributed by atoms with Crippen molar-refractivity contribution in [1.82, 2.24) is 0 Å². The first-order valence-electron chi connectivity index (χ1n) is 6.50. The molecule has 0 spiro atoms. The Morgan fingerprint density at radius 1 is 1.24 bits per heavy atom. The number of benzene rings is 2. The van der Waals surface area contributed by atoms with Gasteiger partial charge in [0, 0.05) is 5.02 Å². The molecule has 0 aromatic heterocycles. The summed E-state index contributed by atoms with van der Waals surface area (Å²) < 4.78 is 5.43. The predicted molar refractivity (Wildman–Crippen MR) is 85.9 cm³/mol. The number of nitrogen functional groups attached to an aromatic ring is 1. The lowest BCUT2D eigenvalue weighted by molar-refractivity contribution is -0.118. The predicted octanol–water partition coefficient (Wildman–Crippen LogP) is 3.56. The van der Waals surface area contributed by atoms with Gasteiger partial charge < -0.3 is 15.8 Å². The molecular formula is C16H17ClN2O2. The van der Waals surface area contributed by atoms with Crippen molar-refractivity contribution < 1.29 is 9.53 Å². The lowest BCUT2D eigenvalue weighted by atomic mass is 10.2. The number of rotatable bonds is 4. The van der Waals surface area contributed by atoms with Gasteiger partial charge in [0.25, 0.3) is 5.91 Å². The normalized spacial score (nSPS) is 10.2. The van der Waals surface area contributed by atoms with E-state index in [2.05, 4.69) is 5.32 Å². The van der Waals surface area contributed by atoms with Crippen LogP contribution in [-0.4, -0.2) is 12.5 Å². The zero-order chi connectivity index (χ0) is 15.4. The highest BCUT2D eigenvalue weighted by Crippen LogP contribution is 2.22. The number of hydrogen-bond donors (Lipinski definition) is 2. The maximum absolute atomic E-state index is 11.9. The van der Waals surface area contributed by atoms with Gasteiger partial charge >= 0.3 is 0 Å². The van der Waals surface area contributed by atoms with Crippen LogP contribution >= 0.6 is 11.6 Å². The van der Waals surface area contributed by atoms with Gasteiger partial charge in [-0.15, -0.1) is 0 Å². The molecule has 0 unspecified atom stereocenters. The van der Waals surface area contributed by atoms with Crippen LogP contribution in [0.25, 0.3) is 0 Å². The first kappa shape index (κ1) is 15.2. The molecule has 0 saturated carbocycles. The van der Waals surface area contributed by atoms with Crippen LogP contribution in [0.3, 0.4) is 0 Å². The number of aryl methyl sites for hydroxylation is 2. The summed E-state index contributed by atoms with van der Waals surface area (Å²) in [4.78, 5) is 11.9. The standard InChI is InChI=1S/C16H17ClN2O2/c1-10-3-6-15(14(18)7-10)19-16(20)9-21-12-4-5-13(17)11(2)8-12/h3-8H,9,18H2,1-2H3,(H,19,20). The number of halogens is 1. The van der Waals surface area contributed by atoms with E-state index in [0.717, 1.165) is 11.1 Å². The van der Waals surface area contributed by atoms with Crippen LogP contribution in [0.2, 0.25) is 5.02 Å². The highest BCUT2D eigenvalue weighted by Gasteiger charge is 2.07. The second-order valence-electron chi connectivity index (χ2n) is 4.84. The van der Waals surface area contributed by atoms with Crippen molar-refractivity contribution in [1.29, 1.82) is 0 Å². The Morgan fingerprint density at radius 3 is 2.67 bits per heavy atom. The zero-order valence-electron chi connectivity index (χ0n) is 11.9. The molecule has 2 aromatic carbocycles. The smallest absolute Gasteiger partial charge is 0.262 e. The largest absolute Gasteiger partial charge is 0.484 e. The van der Waals surface area contributed by atoms with Crippen LogP contribution in [0.1, 0.15) is 11.1 Å². The van der Waals surface area contributed by atoms with Crippen LogP contribution in [0.15, 0.2) is 36.4 Å². The molecule has 3 N–H and O–H groups in total. The number of carbonyl (C=O) groups is 1. The molecule has 2 rings (SSSR count). The van der Waals surface area contributed by atoms with Gasteiger partial charge in [-0.25, -0.2) is 0 Å². The number of hydrogen-bond acceptors (Lipinski definition) is 3. The number of amides is 1. The van der Waals surface area contributed by atoms with E-state index in [9.17, 15) is 4.79 Å². The SMILES string of the molecule is Cc1ccc(NC(=O)COc2ccc(Cl)c(C)c2)c(N)c1. The molecule has 0 fully saturated rings. The summed E-state index contributed by atoms with van der Waals surface area (Å²) in [6, 6.07) is 10.7. The number of anilines is 2. The fourth-order valence-corrected chi connectivity index (χ4v) is 1.96. The van der Waals surface area contributed by atoms with Crippen LogP contribution in [0.5, 0.6) is 5.75 Å². The highest BCUT2D eigenvalue weighted by atomic mass is 35.5. The van der Waals surface area contributed by atoms with Gasteiger partial charge in [-0.2, -0.15) is 0 Å². The zero-order valence-corrected chi connectivity index (χ0v) is 12.7. The van der Waals surface area contributed by atoms with Gasteiger partial charge in [0.15, 0.2) is 6.61 Å². The Morgan fingerprint density at radius 2 is 2.00 bits per heavy atom. The maximum Gasteiger partial charge on any atom is 0.262 e. The fourth-order valence-electron chi connectivity index (χ4n) is 1.84. The minimum atomic E-state index is -0.266. The Balaban J connectivity index is 1.94. The third-order valence-electron chi connectivity index (χ3n) is 2.98. The van der Waals surface area contributed by atoms with E-state index in [1.54, 1.807) is 30.3 Å². The second-order valence-corrected chi connectivity index (χ2v) is 5.25. The van der Waals surface area contributed by atoms with E-state index in [1.165, 1.54) is 0 Å². The molecule has 0 radical (unpaired) electrons. The summed E-state index contributed by atoms with van der Waals surface area (Å²) in [5.41, 5.74) is 8.90. The molecule has 0 bridgehead atoms. The first-order valence-corrected chi connectivity index (χ1v) is 6.88. The lowest BCUT2D eigenvalue weighted by Gasteiger charge is -2.10. The quantitative estimate of drug-likeness (QED) is 0.849. The monoisotopic (exact) mass is 304 g/mol. The minimum Gasteiger partial charge on any atom is -0.484 e. The Bertz CT molecular complexity index is 671. The highest BCUT2D eigenvalue weighted by molar-refractivity contribution is 6.31. The first-order chi connectivity index (χ1) is 9.95. The number of nitrogens with one attached hydrogen (secondary N) is 1. The van der Waals surface area contributed by atoms with Gasteiger partial charge in [0.05, 0.1) is 11.4 Å². The average molecular weight is 305 g/mol.